The highest BCUT2D eigenvalue weighted by atomic mass is 16.5. The molecule has 110 valence electrons. The van der Waals surface area contributed by atoms with Crippen LogP contribution in [0.15, 0.2) is 47.6 Å². The minimum atomic E-state index is -0.544. The fourth-order valence-corrected chi connectivity index (χ4v) is 2.36. The average Bonchev–Trinajstić information content (AvgIpc) is 2.54. The lowest BCUT2D eigenvalue weighted by Crippen LogP contribution is -2.18. The normalized spacial score (nSPS) is 15.3. The first-order valence-corrected chi connectivity index (χ1v) is 7.40. The summed E-state index contributed by atoms with van der Waals surface area (Å²) in [4.78, 5) is 24.7. The maximum absolute atomic E-state index is 12.6. The predicted molar refractivity (Wildman–Crippen MR) is 82.6 cm³/mol. The fourth-order valence-electron chi connectivity index (χ4n) is 2.36. The van der Waals surface area contributed by atoms with Gasteiger partial charge in [-0.25, -0.2) is 4.79 Å². The van der Waals surface area contributed by atoms with Gasteiger partial charge in [-0.2, -0.15) is 0 Å². The molecule has 1 aromatic carbocycles. The van der Waals surface area contributed by atoms with E-state index in [1.807, 2.05) is 36.4 Å². The molecule has 0 amide bonds. The topological polar surface area (TPSA) is 43.4 Å². The van der Waals surface area contributed by atoms with Gasteiger partial charge in [0.2, 0.25) is 0 Å². The highest BCUT2D eigenvalue weighted by Crippen LogP contribution is 2.22. The number of hydrogen-bond donors (Lipinski definition) is 0. The minimum Gasteiger partial charge on any atom is -0.462 e. The van der Waals surface area contributed by atoms with E-state index in [0.717, 1.165) is 36.8 Å². The van der Waals surface area contributed by atoms with E-state index in [0.29, 0.717) is 0 Å². The van der Waals surface area contributed by atoms with Crippen molar-refractivity contribution in [3.8, 4) is 0 Å². The molecule has 0 unspecified atom stereocenters. The van der Waals surface area contributed by atoms with Gasteiger partial charge in [0.25, 0.3) is 0 Å². The van der Waals surface area contributed by atoms with Crippen LogP contribution in [0.4, 0.5) is 0 Å². The molecule has 0 saturated heterocycles. The van der Waals surface area contributed by atoms with Gasteiger partial charge in [-0.05, 0) is 49.8 Å². The van der Waals surface area contributed by atoms with Crippen molar-refractivity contribution in [2.75, 3.05) is 6.61 Å². The SMILES string of the molecule is CCOC(=O)/C(=C/c1ccccc1)C(=O)C1=CCCCC1. The van der Waals surface area contributed by atoms with Crippen LogP contribution in [0.3, 0.4) is 0 Å². The molecule has 21 heavy (non-hydrogen) atoms. The van der Waals surface area contributed by atoms with Crippen LogP contribution in [0.2, 0.25) is 0 Å². The molecule has 0 aromatic heterocycles. The Balaban J connectivity index is 2.32. The Morgan fingerprint density at radius 2 is 1.95 bits per heavy atom. The van der Waals surface area contributed by atoms with Crippen molar-refractivity contribution in [1.82, 2.24) is 0 Å². The third-order valence-electron chi connectivity index (χ3n) is 3.43. The Morgan fingerprint density at radius 1 is 1.19 bits per heavy atom. The van der Waals surface area contributed by atoms with Gasteiger partial charge in [-0.15, -0.1) is 0 Å². The molecule has 0 heterocycles. The van der Waals surface area contributed by atoms with Crippen LogP contribution >= 0.6 is 0 Å². The Hall–Kier alpha value is -2.16. The predicted octanol–water partition coefficient (Wildman–Crippen LogP) is 3.70. The molecule has 1 aliphatic rings. The standard InChI is InChI=1S/C18H20O3/c1-2-21-18(20)16(13-14-9-5-3-6-10-14)17(19)15-11-7-4-8-12-15/h3,5-6,9-11,13H,2,4,7-8,12H2,1H3/b16-13+. The van der Waals surface area contributed by atoms with Gasteiger partial charge in [0, 0.05) is 0 Å². The zero-order valence-corrected chi connectivity index (χ0v) is 12.3. The van der Waals surface area contributed by atoms with Gasteiger partial charge >= 0.3 is 5.97 Å². The Bertz CT molecular complexity index is 567. The molecular formula is C18H20O3. The van der Waals surface area contributed by atoms with Gasteiger partial charge in [0.05, 0.1) is 6.61 Å². The lowest BCUT2D eigenvalue weighted by molar-refractivity contribution is -0.139. The molecular weight excluding hydrogens is 264 g/mol. The lowest BCUT2D eigenvalue weighted by Gasteiger charge is -2.13. The van der Waals surface area contributed by atoms with E-state index in [-0.39, 0.29) is 18.0 Å². The van der Waals surface area contributed by atoms with Crippen LogP contribution in [-0.2, 0) is 14.3 Å². The van der Waals surface area contributed by atoms with E-state index in [2.05, 4.69) is 0 Å². The third-order valence-corrected chi connectivity index (χ3v) is 3.43. The fraction of sp³-hybridized carbons (Fsp3) is 0.333. The highest BCUT2D eigenvalue weighted by Gasteiger charge is 2.23. The number of carbonyl (C=O) groups is 2. The zero-order chi connectivity index (χ0) is 15.1. The van der Waals surface area contributed by atoms with Crippen LogP contribution in [0.25, 0.3) is 6.08 Å². The first-order valence-electron chi connectivity index (χ1n) is 7.40. The maximum atomic E-state index is 12.6. The summed E-state index contributed by atoms with van der Waals surface area (Å²) in [5, 5.41) is 0. The largest absolute Gasteiger partial charge is 0.462 e. The summed E-state index contributed by atoms with van der Waals surface area (Å²) in [6, 6.07) is 9.37. The molecule has 0 N–H and O–H groups in total. The van der Waals surface area contributed by atoms with Gasteiger partial charge < -0.3 is 4.74 Å². The summed E-state index contributed by atoms with van der Waals surface area (Å²) in [5.74, 6) is -0.741. The van der Waals surface area contributed by atoms with E-state index in [9.17, 15) is 9.59 Å². The summed E-state index contributed by atoms with van der Waals surface area (Å²) < 4.78 is 5.03. The molecule has 0 aliphatic heterocycles. The van der Waals surface area contributed by atoms with Crippen LogP contribution in [0.5, 0.6) is 0 Å². The second-order valence-corrected chi connectivity index (χ2v) is 4.99. The summed E-state index contributed by atoms with van der Waals surface area (Å²) in [5.41, 5.74) is 1.68. The van der Waals surface area contributed by atoms with E-state index in [1.54, 1.807) is 13.0 Å². The zero-order valence-electron chi connectivity index (χ0n) is 12.3. The molecule has 0 radical (unpaired) electrons. The average molecular weight is 284 g/mol. The molecule has 0 bridgehead atoms. The maximum Gasteiger partial charge on any atom is 0.342 e. The Labute approximate surface area is 125 Å². The molecule has 2 rings (SSSR count). The molecule has 3 nitrogen and oxygen atoms in total. The van der Waals surface area contributed by atoms with Gasteiger partial charge in [-0.1, -0.05) is 36.4 Å². The Morgan fingerprint density at radius 3 is 2.57 bits per heavy atom. The number of rotatable bonds is 5. The number of esters is 1. The first kappa shape index (κ1) is 15.2. The quantitative estimate of drug-likeness (QED) is 0.358. The summed E-state index contributed by atoms with van der Waals surface area (Å²) in [6.07, 6.45) is 7.32. The summed E-state index contributed by atoms with van der Waals surface area (Å²) in [6.45, 7) is 2.00. The van der Waals surface area contributed by atoms with E-state index in [1.165, 1.54) is 0 Å². The van der Waals surface area contributed by atoms with Crippen molar-refractivity contribution in [3.05, 3.63) is 53.1 Å². The molecule has 1 aliphatic carbocycles. The number of ether oxygens (including phenoxy) is 1. The molecule has 0 saturated carbocycles. The van der Waals surface area contributed by atoms with Crippen molar-refractivity contribution in [2.24, 2.45) is 0 Å². The van der Waals surface area contributed by atoms with Crippen molar-refractivity contribution in [1.29, 1.82) is 0 Å². The van der Waals surface area contributed by atoms with Crippen molar-refractivity contribution >= 4 is 17.8 Å². The number of Topliss-reactive ketones (excluding diaryl/α,β-unsaturated/α-hetero) is 1. The highest BCUT2D eigenvalue weighted by molar-refractivity contribution is 6.26. The van der Waals surface area contributed by atoms with E-state index < -0.39 is 5.97 Å². The van der Waals surface area contributed by atoms with Crippen molar-refractivity contribution in [3.63, 3.8) is 0 Å². The van der Waals surface area contributed by atoms with Crippen molar-refractivity contribution in [2.45, 2.75) is 32.6 Å². The Kier molecular flexibility index (Phi) is 5.50. The van der Waals surface area contributed by atoms with Crippen LogP contribution < -0.4 is 0 Å². The number of hydrogen-bond acceptors (Lipinski definition) is 3. The van der Waals surface area contributed by atoms with E-state index in [4.69, 9.17) is 4.74 Å². The van der Waals surface area contributed by atoms with Gasteiger partial charge in [0.15, 0.2) is 5.78 Å². The smallest absolute Gasteiger partial charge is 0.342 e. The monoisotopic (exact) mass is 284 g/mol. The molecule has 0 spiro atoms. The number of benzene rings is 1. The second-order valence-electron chi connectivity index (χ2n) is 4.99. The van der Waals surface area contributed by atoms with Crippen LogP contribution in [0.1, 0.15) is 38.2 Å². The van der Waals surface area contributed by atoms with Crippen molar-refractivity contribution < 1.29 is 14.3 Å². The first-order chi connectivity index (χ1) is 10.2. The molecule has 0 fully saturated rings. The second kappa shape index (κ2) is 7.58. The molecule has 1 aromatic rings. The summed E-state index contributed by atoms with van der Waals surface area (Å²) >= 11 is 0. The van der Waals surface area contributed by atoms with Crippen LogP contribution in [-0.4, -0.2) is 18.4 Å². The van der Waals surface area contributed by atoms with Gasteiger partial charge in [-0.3, -0.25) is 4.79 Å². The van der Waals surface area contributed by atoms with Crippen LogP contribution in [0, 0.1) is 0 Å². The molecule has 0 atom stereocenters. The third kappa shape index (κ3) is 4.15. The number of carbonyl (C=O) groups excluding carboxylic acids is 2. The van der Waals surface area contributed by atoms with Gasteiger partial charge in [0.1, 0.15) is 5.57 Å². The summed E-state index contributed by atoms with van der Waals surface area (Å²) in [7, 11) is 0. The minimum absolute atomic E-state index is 0.121. The lowest BCUT2D eigenvalue weighted by atomic mass is 9.92. The number of ketones is 1. The number of allylic oxidation sites excluding steroid dienone is 2. The molecule has 3 heteroatoms. The van der Waals surface area contributed by atoms with E-state index >= 15 is 0 Å².